The minimum atomic E-state index is -0.702. The third-order valence-electron chi connectivity index (χ3n) is 4.04. The van der Waals surface area contributed by atoms with Crippen LogP contribution in [0.5, 0.6) is 5.75 Å². The molecule has 30 heavy (non-hydrogen) atoms. The van der Waals surface area contributed by atoms with E-state index in [1.807, 2.05) is 0 Å². The highest BCUT2D eigenvalue weighted by Crippen LogP contribution is 2.31. The minimum Gasteiger partial charge on any atom is -0.490 e. The number of nitro benzene ring substituents is 1. The largest absolute Gasteiger partial charge is 0.490 e. The van der Waals surface area contributed by atoms with Gasteiger partial charge in [0.15, 0.2) is 5.75 Å². The van der Waals surface area contributed by atoms with Gasteiger partial charge in [0.1, 0.15) is 11.2 Å². The molecule has 0 unspecified atom stereocenters. The molecule has 0 radical (unpaired) electrons. The van der Waals surface area contributed by atoms with Gasteiger partial charge >= 0.3 is 11.8 Å². The fourth-order valence-electron chi connectivity index (χ4n) is 2.80. The molecule has 0 bridgehead atoms. The van der Waals surface area contributed by atoms with Crippen molar-refractivity contribution in [3.8, 4) is 5.75 Å². The number of nitrogens with one attached hydrogen (secondary N) is 1. The first-order valence-electron chi connectivity index (χ1n) is 8.94. The third-order valence-corrected chi connectivity index (χ3v) is 4.04. The van der Waals surface area contributed by atoms with Gasteiger partial charge in [0, 0.05) is 11.1 Å². The lowest BCUT2D eigenvalue weighted by molar-refractivity contribution is -0.386. The lowest BCUT2D eigenvalue weighted by Gasteiger charge is -2.19. The Morgan fingerprint density at radius 3 is 2.57 bits per heavy atom. The molecule has 0 aliphatic rings. The van der Waals surface area contributed by atoms with Crippen LogP contribution in [0.25, 0.3) is 10.9 Å². The van der Waals surface area contributed by atoms with E-state index in [4.69, 9.17) is 9.47 Å². The molecule has 0 spiro atoms. The number of anilines is 1. The highest BCUT2D eigenvalue weighted by Gasteiger charge is 2.26. The smallest absolute Gasteiger partial charge is 0.435 e. The van der Waals surface area contributed by atoms with Crippen LogP contribution in [0, 0.1) is 10.1 Å². The molecule has 10 heteroatoms. The Morgan fingerprint density at radius 1 is 1.20 bits per heavy atom. The van der Waals surface area contributed by atoms with Crippen molar-refractivity contribution in [3.05, 3.63) is 58.3 Å². The zero-order valence-corrected chi connectivity index (χ0v) is 16.8. The maximum atomic E-state index is 12.7. The van der Waals surface area contributed by atoms with Crippen LogP contribution >= 0.6 is 0 Å². The molecule has 1 aromatic heterocycles. The van der Waals surface area contributed by atoms with E-state index in [0.717, 1.165) is 4.68 Å². The fraction of sp³-hybridized carbons (Fsp3) is 0.250. The van der Waals surface area contributed by atoms with Crippen molar-refractivity contribution in [1.29, 1.82) is 0 Å². The van der Waals surface area contributed by atoms with Crippen molar-refractivity contribution in [1.82, 2.24) is 9.78 Å². The summed E-state index contributed by atoms with van der Waals surface area (Å²) in [5, 5.41) is 18.7. The molecule has 2 aromatic carbocycles. The Bertz CT molecular complexity index is 1150. The molecular formula is C20H20N4O6. The highest BCUT2D eigenvalue weighted by molar-refractivity contribution is 6.08. The van der Waals surface area contributed by atoms with Crippen LogP contribution in [0.1, 0.15) is 31.1 Å². The van der Waals surface area contributed by atoms with Crippen molar-refractivity contribution in [3.63, 3.8) is 0 Å². The number of benzene rings is 2. The molecule has 10 nitrogen and oxygen atoms in total. The molecule has 0 saturated carbocycles. The van der Waals surface area contributed by atoms with E-state index in [-0.39, 0.29) is 11.3 Å². The van der Waals surface area contributed by atoms with E-state index in [1.54, 1.807) is 32.9 Å². The lowest BCUT2D eigenvalue weighted by atomic mass is 10.1. The number of nitro groups is 1. The zero-order chi connectivity index (χ0) is 22.1. The van der Waals surface area contributed by atoms with Crippen molar-refractivity contribution < 1.29 is 24.0 Å². The average Bonchev–Trinajstić information content (AvgIpc) is 3.09. The van der Waals surface area contributed by atoms with Gasteiger partial charge in [-0.15, -0.1) is 0 Å². The summed E-state index contributed by atoms with van der Waals surface area (Å²) in [6, 6.07) is 9.03. The maximum Gasteiger partial charge on any atom is 0.435 e. The first-order valence-corrected chi connectivity index (χ1v) is 8.94. The van der Waals surface area contributed by atoms with Gasteiger partial charge in [-0.25, -0.2) is 4.79 Å². The SMILES string of the molecule is COc1cccc(C(=O)Nc2ccc3cnn(C(=O)OC(C)(C)C)c3c2)c1[N+](=O)[O-]. The maximum absolute atomic E-state index is 12.7. The molecule has 0 aliphatic carbocycles. The van der Waals surface area contributed by atoms with E-state index in [0.29, 0.717) is 16.6 Å². The second-order valence-corrected chi connectivity index (χ2v) is 7.38. The van der Waals surface area contributed by atoms with Crippen LogP contribution in [0.2, 0.25) is 0 Å². The van der Waals surface area contributed by atoms with Gasteiger partial charge in [0.05, 0.1) is 23.7 Å². The Morgan fingerprint density at radius 2 is 1.93 bits per heavy atom. The van der Waals surface area contributed by atoms with Crippen molar-refractivity contribution in [2.45, 2.75) is 26.4 Å². The summed E-state index contributed by atoms with van der Waals surface area (Å²) >= 11 is 0. The van der Waals surface area contributed by atoms with Crippen molar-refractivity contribution in [2.24, 2.45) is 0 Å². The Kier molecular flexibility index (Phi) is 5.41. The number of hydrogen-bond acceptors (Lipinski definition) is 7. The Hall–Kier alpha value is -3.95. The number of fused-ring (bicyclic) bond motifs is 1. The quantitative estimate of drug-likeness (QED) is 0.507. The summed E-state index contributed by atoms with van der Waals surface area (Å²) in [5.74, 6) is -0.714. The molecule has 0 atom stereocenters. The van der Waals surface area contributed by atoms with E-state index >= 15 is 0 Å². The van der Waals surface area contributed by atoms with Crippen LogP contribution in [-0.4, -0.2) is 39.4 Å². The summed E-state index contributed by atoms with van der Waals surface area (Å²) < 4.78 is 11.4. The predicted molar refractivity (Wildman–Crippen MR) is 109 cm³/mol. The topological polar surface area (TPSA) is 126 Å². The van der Waals surface area contributed by atoms with Crippen LogP contribution in [0.15, 0.2) is 42.6 Å². The van der Waals surface area contributed by atoms with E-state index < -0.39 is 28.2 Å². The number of amides is 1. The second-order valence-electron chi connectivity index (χ2n) is 7.38. The summed E-state index contributed by atoms with van der Waals surface area (Å²) in [6.07, 6.45) is 0.835. The van der Waals surface area contributed by atoms with Crippen LogP contribution in [0.3, 0.4) is 0 Å². The number of carbonyl (C=O) groups excluding carboxylic acids is 2. The van der Waals surface area contributed by atoms with Crippen LogP contribution in [-0.2, 0) is 4.74 Å². The molecule has 156 valence electrons. The molecular weight excluding hydrogens is 392 g/mol. The van der Waals surface area contributed by atoms with Gasteiger partial charge in [-0.1, -0.05) is 6.07 Å². The summed E-state index contributed by atoms with van der Waals surface area (Å²) in [4.78, 5) is 35.8. The number of carbonyl (C=O) groups is 2. The number of nitrogens with zero attached hydrogens (tertiary/aromatic N) is 3. The molecule has 0 saturated heterocycles. The van der Waals surface area contributed by atoms with Crippen molar-refractivity contribution in [2.75, 3.05) is 12.4 Å². The standard InChI is InChI=1S/C20H20N4O6/c1-20(2,3)30-19(26)23-15-10-13(9-8-12(15)11-21-23)22-18(25)14-6-5-7-16(29-4)17(14)24(27)28/h5-11H,1-4H3,(H,22,25). The number of methoxy groups -OCH3 is 1. The number of rotatable bonds is 4. The van der Waals surface area contributed by atoms with Crippen LogP contribution in [0.4, 0.5) is 16.2 Å². The molecule has 1 N–H and O–H groups in total. The zero-order valence-electron chi connectivity index (χ0n) is 16.8. The summed E-state index contributed by atoms with van der Waals surface area (Å²) in [5.41, 5.74) is -0.540. The van der Waals surface area contributed by atoms with E-state index in [9.17, 15) is 19.7 Å². The lowest BCUT2D eigenvalue weighted by Crippen LogP contribution is -2.27. The van der Waals surface area contributed by atoms with Gasteiger partial charge in [-0.3, -0.25) is 14.9 Å². The summed E-state index contributed by atoms with van der Waals surface area (Å²) in [7, 11) is 1.29. The predicted octanol–water partition coefficient (Wildman–Crippen LogP) is 3.99. The molecule has 1 amide bonds. The minimum absolute atomic E-state index is 0.0221. The monoisotopic (exact) mass is 412 g/mol. The van der Waals surface area contributed by atoms with E-state index in [1.165, 1.54) is 37.6 Å². The average molecular weight is 412 g/mol. The number of hydrogen-bond donors (Lipinski definition) is 1. The Balaban J connectivity index is 1.94. The highest BCUT2D eigenvalue weighted by atomic mass is 16.6. The molecule has 0 fully saturated rings. The number of para-hydroxylation sites is 1. The van der Waals surface area contributed by atoms with Crippen LogP contribution < -0.4 is 10.1 Å². The van der Waals surface area contributed by atoms with Gasteiger partial charge in [-0.2, -0.15) is 9.78 Å². The normalized spacial score (nSPS) is 11.2. The molecule has 1 heterocycles. The van der Waals surface area contributed by atoms with E-state index in [2.05, 4.69) is 10.4 Å². The van der Waals surface area contributed by atoms with Gasteiger partial charge in [0.2, 0.25) is 0 Å². The van der Waals surface area contributed by atoms with Crippen molar-refractivity contribution >= 4 is 34.3 Å². The fourth-order valence-corrected chi connectivity index (χ4v) is 2.80. The Labute approximate surface area is 171 Å². The van der Waals surface area contributed by atoms with Gasteiger partial charge in [-0.05, 0) is 51.1 Å². The molecule has 3 rings (SSSR count). The first-order chi connectivity index (χ1) is 14.1. The van der Waals surface area contributed by atoms with Gasteiger partial charge < -0.3 is 14.8 Å². The third kappa shape index (κ3) is 4.22. The number of aromatic nitrogens is 2. The first kappa shape index (κ1) is 20.8. The van der Waals surface area contributed by atoms with Gasteiger partial charge in [0.25, 0.3) is 5.91 Å². The molecule has 3 aromatic rings. The number of ether oxygens (including phenoxy) is 2. The second kappa shape index (κ2) is 7.82. The summed E-state index contributed by atoms with van der Waals surface area (Å²) in [6.45, 7) is 5.22. The molecule has 0 aliphatic heterocycles.